The van der Waals surface area contributed by atoms with Crippen molar-refractivity contribution in [3.8, 4) is 11.1 Å². The minimum Gasteiger partial charge on any atom is -0.465 e. The lowest BCUT2D eigenvalue weighted by atomic mass is 9.99. The minimum absolute atomic E-state index is 0.0549. The summed E-state index contributed by atoms with van der Waals surface area (Å²) in [4.78, 5) is 27.7. The van der Waals surface area contributed by atoms with Crippen molar-refractivity contribution in [2.45, 2.75) is 0 Å². The number of ether oxygens (including phenoxy) is 2. The monoisotopic (exact) mass is 271 g/mol. The molecule has 5 nitrogen and oxygen atoms in total. The first-order chi connectivity index (χ1) is 9.69. The van der Waals surface area contributed by atoms with Gasteiger partial charge in [0.15, 0.2) is 5.69 Å². The molecule has 0 aliphatic heterocycles. The van der Waals surface area contributed by atoms with Crippen molar-refractivity contribution in [3.05, 3.63) is 53.9 Å². The van der Waals surface area contributed by atoms with Gasteiger partial charge in [0.2, 0.25) is 0 Å². The standard InChI is InChI=1S/C15H13NO4/c1-19-14(17)12-11(10-6-4-3-5-7-10)8-9-16-13(12)15(18)20-2/h3-9H,1-2H3. The Morgan fingerprint density at radius 1 is 0.950 bits per heavy atom. The second kappa shape index (κ2) is 5.97. The van der Waals surface area contributed by atoms with Crippen molar-refractivity contribution >= 4 is 11.9 Å². The van der Waals surface area contributed by atoms with E-state index in [2.05, 4.69) is 9.72 Å². The van der Waals surface area contributed by atoms with E-state index in [9.17, 15) is 9.59 Å². The molecule has 0 aliphatic carbocycles. The number of nitrogens with zero attached hydrogens (tertiary/aromatic N) is 1. The third kappa shape index (κ3) is 2.51. The number of methoxy groups -OCH3 is 2. The average Bonchev–Trinajstić information content (AvgIpc) is 2.53. The molecule has 2 rings (SSSR count). The van der Waals surface area contributed by atoms with Crippen LogP contribution in [0.2, 0.25) is 0 Å². The molecular formula is C15H13NO4. The summed E-state index contributed by atoms with van der Waals surface area (Å²) in [5.41, 5.74) is 1.42. The first-order valence-corrected chi connectivity index (χ1v) is 5.90. The molecule has 0 radical (unpaired) electrons. The number of carbonyl (C=O) groups is 2. The van der Waals surface area contributed by atoms with Gasteiger partial charge in [-0.15, -0.1) is 0 Å². The third-order valence-electron chi connectivity index (χ3n) is 2.80. The van der Waals surface area contributed by atoms with Crippen LogP contribution in [0.25, 0.3) is 11.1 Å². The van der Waals surface area contributed by atoms with Crippen molar-refractivity contribution in [2.24, 2.45) is 0 Å². The highest BCUT2D eigenvalue weighted by molar-refractivity contribution is 6.06. The third-order valence-corrected chi connectivity index (χ3v) is 2.80. The van der Waals surface area contributed by atoms with E-state index in [4.69, 9.17) is 4.74 Å². The van der Waals surface area contributed by atoms with Gasteiger partial charge in [-0.25, -0.2) is 14.6 Å². The Morgan fingerprint density at radius 2 is 1.60 bits per heavy atom. The molecule has 1 aromatic heterocycles. The predicted molar refractivity (Wildman–Crippen MR) is 72.4 cm³/mol. The molecular weight excluding hydrogens is 258 g/mol. The molecule has 0 spiro atoms. The molecule has 1 heterocycles. The lowest BCUT2D eigenvalue weighted by molar-refractivity contribution is 0.0550. The van der Waals surface area contributed by atoms with E-state index in [0.29, 0.717) is 5.56 Å². The van der Waals surface area contributed by atoms with Gasteiger partial charge in [-0.3, -0.25) is 0 Å². The highest BCUT2D eigenvalue weighted by atomic mass is 16.5. The van der Waals surface area contributed by atoms with Crippen LogP contribution in [0.4, 0.5) is 0 Å². The zero-order chi connectivity index (χ0) is 14.5. The maximum Gasteiger partial charge on any atom is 0.357 e. The smallest absolute Gasteiger partial charge is 0.357 e. The summed E-state index contributed by atoms with van der Waals surface area (Å²) < 4.78 is 9.40. The van der Waals surface area contributed by atoms with Crippen LogP contribution in [0.3, 0.4) is 0 Å². The van der Waals surface area contributed by atoms with E-state index in [-0.39, 0.29) is 11.3 Å². The van der Waals surface area contributed by atoms with Crippen LogP contribution in [-0.4, -0.2) is 31.1 Å². The first kappa shape index (κ1) is 13.7. The van der Waals surface area contributed by atoms with Crippen LogP contribution in [-0.2, 0) is 9.47 Å². The van der Waals surface area contributed by atoms with E-state index in [1.807, 2.05) is 30.3 Å². The van der Waals surface area contributed by atoms with E-state index < -0.39 is 11.9 Å². The second-order valence-corrected chi connectivity index (χ2v) is 3.93. The van der Waals surface area contributed by atoms with Gasteiger partial charge in [0.25, 0.3) is 0 Å². The number of rotatable bonds is 3. The van der Waals surface area contributed by atoms with Crippen LogP contribution < -0.4 is 0 Å². The topological polar surface area (TPSA) is 65.5 Å². The summed E-state index contributed by atoms with van der Waals surface area (Å²) in [5, 5.41) is 0. The summed E-state index contributed by atoms with van der Waals surface area (Å²) in [5.74, 6) is -1.31. The SMILES string of the molecule is COC(=O)c1nccc(-c2ccccc2)c1C(=O)OC. The van der Waals surface area contributed by atoms with Gasteiger partial charge in [0.1, 0.15) is 5.56 Å². The normalized spacial score (nSPS) is 9.90. The van der Waals surface area contributed by atoms with Gasteiger partial charge in [0, 0.05) is 11.8 Å². The van der Waals surface area contributed by atoms with Crippen LogP contribution >= 0.6 is 0 Å². The second-order valence-electron chi connectivity index (χ2n) is 3.93. The van der Waals surface area contributed by atoms with Crippen molar-refractivity contribution < 1.29 is 19.1 Å². The largest absolute Gasteiger partial charge is 0.465 e. The van der Waals surface area contributed by atoms with Crippen LogP contribution in [0.5, 0.6) is 0 Å². The van der Waals surface area contributed by atoms with E-state index in [1.54, 1.807) is 6.07 Å². The molecule has 0 N–H and O–H groups in total. The summed E-state index contributed by atoms with van der Waals surface area (Å²) in [7, 11) is 2.49. The lowest BCUT2D eigenvalue weighted by Crippen LogP contribution is -2.15. The van der Waals surface area contributed by atoms with E-state index in [0.717, 1.165) is 5.56 Å². The number of benzene rings is 1. The minimum atomic E-state index is -0.678. The van der Waals surface area contributed by atoms with Crippen molar-refractivity contribution in [1.29, 1.82) is 0 Å². The lowest BCUT2D eigenvalue weighted by Gasteiger charge is -2.11. The van der Waals surface area contributed by atoms with Crippen molar-refractivity contribution in [2.75, 3.05) is 14.2 Å². The van der Waals surface area contributed by atoms with Crippen LogP contribution in [0.15, 0.2) is 42.6 Å². The zero-order valence-corrected chi connectivity index (χ0v) is 11.1. The fourth-order valence-electron chi connectivity index (χ4n) is 1.88. The molecule has 0 bridgehead atoms. The first-order valence-electron chi connectivity index (χ1n) is 5.90. The molecule has 20 heavy (non-hydrogen) atoms. The van der Waals surface area contributed by atoms with Gasteiger partial charge in [0.05, 0.1) is 14.2 Å². The van der Waals surface area contributed by atoms with Gasteiger partial charge < -0.3 is 9.47 Å². The Balaban J connectivity index is 2.69. The Kier molecular flexibility index (Phi) is 4.10. The molecule has 0 aliphatic rings. The highest BCUT2D eigenvalue weighted by Gasteiger charge is 2.24. The van der Waals surface area contributed by atoms with Crippen LogP contribution in [0.1, 0.15) is 20.8 Å². The number of hydrogen-bond donors (Lipinski definition) is 0. The fourth-order valence-corrected chi connectivity index (χ4v) is 1.88. The Morgan fingerprint density at radius 3 is 2.20 bits per heavy atom. The highest BCUT2D eigenvalue weighted by Crippen LogP contribution is 2.26. The Bertz CT molecular complexity index is 638. The molecule has 0 saturated heterocycles. The summed E-state index contributed by atoms with van der Waals surface area (Å²) in [6.45, 7) is 0. The molecule has 0 amide bonds. The summed E-state index contributed by atoms with van der Waals surface area (Å²) in [6.07, 6.45) is 1.46. The summed E-state index contributed by atoms with van der Waals surface area (Å²) >= 11 is 0. The van der Waals surface area contributed by atoms with Gasteiger partial charge in [-0.1, -0.05) is 30.3 Å². The van der Waals surface area contributed by atoms with Crippen molar-refractivity contribution in [1.82, 2.24) is 4.98 Å². The quantitative estimate of drug-likeness (QED) is 0.801. The van der Waals surface area contributed by atoms with Gasteiger partial charge >= 0.3 is 11.9 Å². The number of hydrogen-bond acceptors (Lipinski definition) is 5. The summed E-state index contributed by atoms with van der Waals surface area (Å²) in [6, 6.07) is 10.9. The fraction of sp³-hybridized carbons (Fsp3) is 0.133. The Labute approximate surface area is 116 Å². The molecule has 0 atom stereocenters. The molecule has 1 aromatic carbocycles. The predicted octanol–water partition coefficient (Wildman–Crippen LogP) is 2.32. The number of esters is 2. The number of carbonyl (C=O) groups excluding carboxylic acids is 2. The Hall–Kier alpha value is -2.69. The number of pyridine rings is 1. The van der Waals surface area contributed by atoms with E-state index >= 15 is 0 Å². The average molecular weight is 271 g/mol. The molecule has 0 unspecified atom stereocenters. The zero-order valence-electron chi connectivity index (χ0n) is 11.1. The van der Waals surface area contributed by atoms with Gasteiger partial charge in [-0.05, 0) is 11.6 Å². The maximum atomic E-state index is 12.0. The molecule has 2 aromatic rings. The molecule has 102 valence electrons. The molecule has 0 fully saturated rings. The van der Waals surface area contributed by atoms with Gasteiger partial charge in [-0.2, -0.15) is 0 Å². The molecule has 5 heteroatoms. The van der Waals surface area contributed by atoms with Crippen molar-refractivity contribution in [3.63, 3.8) is 0 Å². The van der Waals surface area contributed by atoms with Crippen LogP contribution in [0, 0.1) is 0 Å². The van der Waals surface area contributed by atoms with E-state index in [1.165, 1.54) is 20.4 Å². The number of aromatic nitrogens is 1. The maximum absolute atomic E-state index is 12.0. The molecule has 0 saturated carbocycles.